The highest BCUT2D eigenvalue weighted by Gasteiger charge is 2.17. The first-order valence-corrected chi connectivity index (χ1v) is 7.87. The fourth-order valence-corrected chi connectivity index (χ4v) is 1.77. The number of hydrogen-bond donors (Lipinski definition) is 1. The first-order chi connectivity index (χ1) is 11.6. The summed E-state index contributed by atoms with van der Waals surface area (Å²) in [5.41, 5.74) is -0.284. The number of ether oxygens (including phenoxy) is 2. The van der Waals surface area contributed by atoms with E-state index in [1.807, 2.05) is 27.7 Å². The van der Waals surface area contributed by atoms with E-state index in [0.717, 1.165) is 0 Å². The third kappa shape index (κ3) is 4.91. The molecule has 24 heavy (non-hydrogen) atoms. The minimum absolute atomic E-state index is 0.0763. The van der Waals surface area contributed by atoms with Gasteiger partial charge in [0.05, 0.1) is 30.2 Å². The van der Waals surface area contributed by atoms with Crippen molar-refractivity contribution in [3.8, 4) is 0 Å². The van der Waals surface area contributed by atoms with Crippen molar-refractivity contribution in [2.75, 3.05) is 13.7 Å². The second kappa shape index (κ2) is 10.9. The molecule has 7 nitrogen and oxygen atoms in total. The summed E-state index contributed by atoms with van der Waals surface area (Å²) < 4.78 is 9.37. The van der Waals surface area contributed by atoms with Crippen LogP contribution in [0, 0.1) is 0 Å². The number of carbonyl (C=O) groups excluding carboxylic acids is 2. The van der Waals surface area contributed by atoms with Crippen molar-refractivity contribution >= 4 is 22.8 Å². The normalized spacial score (nSPS) is 9.08. The molecule has 0 spiro atoms. The Kier molecular flexibility index (Phi) is 9.70. The van der Waals surface area contributed by atoms with Crippen LogP contribution in [0.15, 0.2) is 23.0 Å². The van der Waals surface area contributed by atoms with Gasteiger partial charge in [0.2, 0.25) is 5.82 Å². The van der Waals surface area contributed by atoms with Gasteiger partial charge >= 0.3 is 11.9 Å². The van der Waals surface area contributed by atoms with Crippen molar-refractivity contribution in [1.29, 1.82) is 0 Å². The molecule has 132 valence electrons. The summed E-state index contributed by atoms with van der Waals surface area (Å²) in [5, 5.41) is 0.0763. The maximum absolute atomic E-state index is 12.0. The van der Waals surface area contributed by atoms with E-state index in [2.05, 4.69) is 14.7 Å². The van der Waals surface area contributed by atoms with Gasteiger partial charge in [-0.15, -0.1) is 0 Å². The summed E-state index contributed by atoms with van der Waals surface area (Å²) in [6.45, 7) is 9.81. The highest BCUT2D eigenvalue weighted by molar-refractivity contribution is 6.03. The highest BCUT2D eigenvalue weighted by atomic mass is 16.5. The van der Waals surface area contributed by atoms with Crippen molar-refractivity contribution in [3.63, 3.8) is 0 Å². The number of methoxy groups -OCH3 is 1. The standard InChI is InChI=1S/C13H12N2O5.2C2H6/c1-3-20-13(18)10-14-8-6-4-5-7(12(17)19-2)9(8)11(16)15-10;2*1-2/h4-6H,3H2,1-2H3,(H,14,15,16);2*1-2H3. The quantitative estimate of drug-likeness (QED) is 0.865. The van der Waals surface area contributed by atoms with Crippen LogP contribution in [0.2, 0.25) is 0 Å². The molecule has 7 heteroatoms. The summed E-state index contributed by atoms with van der Waals surface area (Å²) in [4.78, 5) is 41.5. The number of aromatic amines is 1. The number of esters is 2. The van der Waals surface area contributed by atoms with Gasteiger partial charge in [-0.3, -0.25) is 4.79 Å². The first kappa shape index (κ1) is 21.3. The molecule has 0 radical (unpaired) electrons. The van der Waals surface area contributed by atoms with Gasteiger partial charge in [0.15, 0.2) is 0 Å². The van der Waals surface area contributed by atoms with Crippen LogP contribution in [-0.4, -0.2) is 35.6 Å². The second-order valence-corrected chi connectivity index (χ2v) is 3.83. The van der Waals surface area contributed by atoms with E-state index in [1.165, 1.54) is 19.2 Å². The number of carbonyl (C=O) groups is 2. The summed E-state index contributed by atoms with van der Waals surface area (Å²) >= 11 is 0. The van der Waals surface area contributed by atoms with Gasteiger partial charge in [-0.2, -0.15) is 0 Å². The van der Waals surface area contributed by atoms with E-state index in [0.29, 0.717) is 0 Å². The van der Waals surface area contributed by atoms with E-state index in [1.54, 1.807) is 13.0 Å². The number of nitrogens with one attached hydrogen (secondary N) is 1. The molecule has 0 aliphatic heterocycles. The molecule has 0 aliphatic carbocycles. The van der Waals surface area contributed by atoms with Crippen LogP contribution in [0.1, 0.15) is 55.6 Å². The number of H-pyrrole nitrogens is 1. The predicted molar refractivity (Wildman–Crippen MR) is 92.4 cm³/mol. The molecule has 0 aliphatic rings. The van der Waals surface area contributed by atoms with Gasteiger partial charge < -0.3 is 14.5 Å². The smallest absolute Gasteiger partial charge is 0.374 e. The fourth-order valence-electron chi connectivity index (χ4n) is 1.77. The molecule has 2 rings (SSSR count). The van der Waals surface area contributed by atoms with E-state index in [9.17, 15) is 14.4 Å². The number of aromatic nitrogens is 2. The molecule has 0 bridgehead atoms. The average molecular weight is 336 g/mol. The lowest BCUT2D eigenvalue weighted by Gasteiger charge is -2.05. The van der Waals surface area contributed by atoms with Crippen molar-refractivity contribution < 1.29 is 19.1 Å². The molecule has 0 unspecified atom stereocenters. The number of nitrogens with zero attached hydrogens (tertiary/aromatic N) is 1. The second-order valence-electron chi connectivity index (χ2n) is 3.83. The topological polar surface area (TPSA) is 98.3 Å². The Morgan fingerprint density at radius 2 is 1.75 bits per heavy atom. The molecule has 0 fully saturated rings. The highest BCUT2D eigenvalue weighted by Crippen LogP contribution is 2.14. The van der Waals surface area contributed by atoms with Crippen molar-refractivity contribution in [2.45, 2.75) is 34.6 Å². The minimum atomic E-state index is -0.727. The Bertz CT molecular complexity index is 737. The molecular weight excluding hydrogens is 312 g/mol. The fraction of sp³-hybridized carbons (Fsp3) is 0.412. The van der Waals surface area contributed by atoms with Crippen LogP contribution >= 0.6 is 0 Å². The Hall–Kier alpha value is -2.70. The van der Waals surface area contributed by atoms with Crippen LogP contribution in [-0.2, 0) is 9.47 Å². The predicted octanol–water partition coefficient (Wildman–Crippen LogP) is 2.94. The van der Waals surface area contributed by atoms with Crippen LogP contribution in [0.25, 0.3) is 10.9 Å². The molecular formula is C17H24N2O5. The molecule has 1 heterocycles. The van der Waals surface area contributed by atoms with Gasteiger partial charge in [0.1, 0.15) is 0 Å². The van der Waals surface area contributed by atoms with Crippen LogP contribution < -0.4 is 5.56 Å². The SMILES string of the molecule is CC.CC.CCOC(=O)c1nc2cccc(C(=O)OC)c2c(=O)[nH]1. The van der Waals surface area contributed by atoms with E-state index >= 15 is 0 Å². The summed E-state index contributed by atoms with van der Waals surface area (Å²) in [6, 6.07) is 4.53. The number of hydrogen-bond acceptors (Lipinski definition) is 6. The van der Waals surface area contributed by atoms with Crippen molar-refractivity contribution in [1.82, 2.24) is 9.97 Å². The van der Waals surface area contributed by atoms with Gasteiger partial charge in [-0.05, 0) is 19.1 Å². The van der Waals surface area contributed by atoms with E-state index < -0.39 is 17.5 Å². The summed E-state index contributed by atoms with van der Waals surface area (Å²) in [6.07, 6.45) is 0. The minimum Gasteiger partial charge on any atom is -0.465 e. The molecule has 0 atom stereocenters. The lowest BCUT2D eigenvalue weighted by Crippen LogP contribution is -2.19. The molecule has 1 aromatic heterocycles. The maximum Gasteiger partial charge on any atom is 0.374 e. The molecule has 1 aromatic carbocycles. The van der Waals surface area contributed by atoms with Crippen LogP contribution in [0.3, 0.4) is 0 Å². The zero-order valence-corrected chi connectivity index (χ0v) is 14.9. The third-order valence-corrected chi connectivity index (χ3v) is 2.61. The number of benzene rings is 1. The molecule has 0 saturated carbocycles. The zero-order valence-electron chi connectivity index (χ0n) is 14.9. The van der Waals surface area contributed by atoms with Gasteiger partial charge in [0.25, 0.3) is 5.56 Å². The van der Waals surface area contributed by atoms with Gasteiger partial charge in [-0.25, -0.2) is 14.6 Å². The third-order valence-electron chi connectivity index (χ3n) is 2.61. The van der Waals surface area contributed by atoms with Crippen LogP contribution in [0.4, 0.5) is 0 Å². The largest absolute Gasteiger partial charge is 0.465 e. The molecule has 0 amide bonds. The Morgan fingerprint density at radius 3 is 2.29 bits per heavy atom. The average Bonchev–Trinajstić information content (AvgIpc) is 2.64. The van der Waals surface area contributed by atoms with Crippen LogP contribution in [0.5, 0.6) is 0 Å². The number of fused-ring (bicyclic) bond motifs is 1. The van der Waals surface area contributed by atoms with Crippen molar-refractivity contribution in [2.24, 2.45) is 0 Å². The first-order valence-electron chi connectivity index (χ1n) is 7.87. The lowest BCUT2D eigenvalue weighted by molar-refractivity contribution is 0.0511. The molecule has 1 N–H and O–H groups in total. The van der Waals surface area contributed by atoms with Crippen molar-refractivity contribution in [3.05, 3.63) is 39.9 Å². The van der Waals surface area contributed by atoms with Gasteiger partial charge in [0, 0.05) is 0 Å². The lowest BCUT2D eigenvalue weighted by atomic mass is 10.1. The molecule has 0 saturated heterocycles. The molecule has 2 aromatic rings. The maximum atomic E-state index is 12.0. The van der Waals surface area contributed by atoms with E-state index in [4.69, 9.17) is 4.74 Å². The van der Waals surface area contributed by atoms with E-state index in [-0.39, 0.29) is 28.9 Å². The Labute approximate surface area is 141 Å². The Balaban J connectivity index is 0.00000123. The summed E-state index contributed by atoms with van der Waals surface area (Å²) in [7, 11) is 1.22. The van der Waals surface area contributed by atoms with Gasteiger partial charge in [-0.1, -0.05) is 33.8 Å². The Morgan fingerprint density at radius 1 is 1.12 bits per heavy atom. The monoisotopic (exact) mass is 336 g/mol. The number of rotatable bonds is 3. The summed E-state index contributed by atoms with van der Waals surface area (Å²) in [5.74, 6) is -1.58. The zero-order chi connectivity index (χ0) is 18.7.